The Labute approximate surface area is 126 Å². The van der Waals surface area contributed by atoms with E-state index in [1.165, 1.54) is 0 Å². The lowest BCUT2D eigenvalue weighted by Crippen LogP contribution is -2.02. The highest BCUT2D eigenvalue weighted by Crippen LogP contribution is 2.27. The number of nitrogens with zero attached hydrogens (tertiary/aromatic N) is 3. The third-order valence-electron chi connectivity index (χ3n) is 3.13. The first-order valence-electron chi connectivity index (χ1n) is 6.39. The summed E-state index contributed by atoms with van der Waals surface area (Å²) in [5.74, 6) is 0.196. The fourth-order valence-corrected chi connectivity index (χ4v) is 2.34. The Morgan fingerprint density at radius 1 is 1.14 bits per heavy atom. The monoisotopic (exact) mass is 300 g/mol. The van der Waals surface area contributed by atoms with Crippen molar-refractivity contribution in [1.29, 1.82) is 0 Å². The molecule has 21 heavy (non-hydrogen) atoms. The van der Waals surface area contributed by atoms with Crippen LogP contribution in [-0.4, -0.2) is 20.1 Å². The van der Waals surface area contributed by atoms with Gasteiger partial charge in [0, 0.05) is 17.1 Å². The summed E-state index contributed by atoms with van der Waals surface area (Å²) in [5.41, 5.74) is 8.91. The van der Waals surface area contributed by atoms with Gasteiger partial charge in [0.1, 0.15) is 11.4 Å². The number of nitrogens with two attached hydrogens (primary N) is 1. The molecular weight excluding hydrogens is 288 g/mol. The first kappa shape index (κ1) is 13.6. The zero-order valence-electron chi connectivity index (χ0n) is 11.1. The molecule has 0 aliphatic rings. The molecule has 0 bridgehead atoms. The van der Waals surface area contributed by atoms with Gasteiger partial charge in [-0.2, -0.15) is 0 Å². The van der Waals surface area contributed by atoms with Crippen molar-refractivity contribution in [2.45, 2.75) is 6.54 Å². The summed E-state index contributed by atoms with van der Waals surface area (Å²) in [6, 6.07) is 14.2. The zero-order chi connectivity index (χ0) is 14.8. The minimum absolute atomic E-state index is 0.196. The van der Waals surface area contributed by atoms with Crippen LogP contribution < -0.4 is 5.73 Å². The third-order valence-corrected chi connectivity index (χ3v) is 3.36. The van der Waals surface area contributed by atoms with Gasteiger partial charge in [0.2, 0.25) is 0 Å². The summed E-state index contributed by atoms with van der Waals surface area (Å²) < 4.78 is 1.69. The minimum atomic E-state index is 0.196. The molecule has 0 atom stereocenters. The van der Waals surface area contributed by atoms with Crippen molar-refractivity contribution in [1.82, 2.24) is 15.0 Å². The third kappa shape index (κ3) is 2.61. The molecule has 0 amide bonds. The highest BCUT2D eigenvalue weighted by Gasteiger charge is 2.15. The van der Waals surface area contributed by atoms with Crippen LogP contribution in [0.15, 0.2) is 48.5 Å². The van der Waals surface area contributed by atoms with E-state index in [0.29, 0.717) is 10.7 Å². The van der Waals surface area contributed by atoms with Gasteiger partial charge in [-0.05, 0) is 36.4 Å². The predicted octanol–water partition coefficient (Wildman–Crippen LogP) is 2.75. The summed E-state index contributed by atoms with van der Waals surface area (Å²) in [6.45, 7) is 0.278. The van der Waals surface area contributed by atoms with Crippen molar-refractivity contribution in [2.75, 3.05) is 0 Å². The molecule has 106 valence electrons. The van der Waals surface area contributed by atoms with E-state index >= 15 is 0 Å². The minimum Gasteiger partial charge on any atom is -0.508 e. The molecule has 0 spiro atoms. The number of halogens is 1. The first-order valence-corrected chi connectivity index (χ1v) is 6.77. The zero-order valence-corrected chi connectivity index (χ0v) is 11.8. The normalized spacial score (nSPS) is 10.8. The summed E-state index contributed by atoms with van der Waals surface area (Å²) in [6.07, 6.45) is 0. The van der Waals surface area contributed by atoms with Gasteiger partial charge in [0.05, 0.1) is 11.4 Å². The maximum atomic E-state index is 9.39. The highest BCUT2D eigenvalue weighted by atomic mass is 35.5. The summed E-state index contributed by atoms with van der Waals surface area (Å²) >= 11 is 6.06. The quantitative estimate of drug-likeness (QED) is 0.780. The van der Waals surface area contributed by atoms with Crippen molar-refractivity contribution in [3.05, 3.63) is 59.2 Å². The molecule has 0 fully saturated rings. The molecule has 5 nitrogen and oxygen atoms in total. The lowest BCUT2D eigenvalue weighted by Gasteiger charge is -2.08. The van der Waals surface area contributed by atoms with E-state index in [9.17, 15) is 5.11 Å². The molecule has 1 aromatic heterocycles. The van der Waals surface area contributed by atoms with Crippen LogP contribution >= 0.6 is 11.6 Å². The molecule has 3 rings (SSSR count). The van der Waals surface area contributed by atoms with E-state index in [4.69, 9.17) is 17.3 Å². The van der Waals surface area contributed by atoms with Gasteiger partial charge >= 0.3 is 0 Å². The molecular formula is C15H13ClN4O. The second-order valence-corrected chi connectivity index (χ2v) is 4.96. The molecule has 0 radical (unpaired) electrons. The molecule has 0 saturated carbocycles. The van der Waals surface area contributed by atoms with Crippen LogP contribution in [0.3, 0.4) is 0 Å². The van der Waals surface area contributed by atoms with E-state index in [-0.39, 0.29) is 12.3 Å². The predicted molar refractivity (Wildman–Crippen MR) is 81.4 cm³/mol. The molecule has 3 N–H and O–H groups in total. The Bertz CT molecular complexity index is 768. The second kappa shape index (κ2) is 5.55. The Morgan fingerprint density at radius 3 is 2.57 bits per heavy atom. The van der Waals surface area contributed by atoms with Crippen LogP contribution in [0.1, 0.15) is 5.69 Å². The second-order valence-electron chi connectivity index (χ2n) is 4.53. The Kier molecular flexibility index (Phi) is 3.60. The maximum Gasteiger partial charge on any atom is 0.115 e. The number of aromatic nitrogens is 3. The molecule has 0 saturated heterocycles. The van der Waals surface area contributed by atoms with E-state index in [0.717, 1.165) is 16.9 Å². The summed E-state index contributed by atoms with van der Waals surface area (Å²) in [5, 5.41) is 18.3. The van der Waals surface area contributed by atoms with E-state index < -0.39 is 0 Å². The summed E-state index contributed by atoms with van der Waals surface area (Å²) in [4.78, 5) is 0. The van der Waals surface area contributed by atoms with Crippen LogP contribution in [0, 0.1) is 0 Å². The van der Waals surface area contributed by atoms with Crippen LogP contribution in [-0.2, 0) is 6.54 Å². The number of benzene rings is 2. The van der Waals surface area contributed by atoms with Crippen LogP contribution in [0.25, 0.3) is 16.9 Å². The van der Waals surface area contributed by atoms with Gasteiger partial charge in [0.25, 0.3) is 0 Å². The number of phenols is 1. The van der Waals surface area contributed by atoms with Gasteiger partial charge in [-0.15, -0.1) is 5.10 Å². The lowest BCUT2D eigenvalue weighted by molar-refractivity contribution is 0.475. The average Bonchev–Trinajstić information content (AvgIpc) is 2.92. The molecule has 1 heterocycles. The smallest absolute Gasteiger partial charge is 0.115 e. The van der Waals surface area contributed by atoms with Gasteiger partial charge in [0.15, 0.2) is 0 Å². The highest BCUT2D eigenvalue weighted by molar-refractivity contribution is 6.30. The van der Waals surface area contributed by atoms with Gasteiger partial charge in [-0.3, -0.25) is 0 Å². The molecule has 6 heteroatoms. The van der Waals surface area contributed by atoms with Crippen LogP contribution in [0.5, 0.6) is 5.75 Å². The van der Waals surface area contributed by atoms with Crippen molar-refractivity contribution < 1.29 is 5.11 Å². The van der Waals surface area contributed by atoms with Gasteiger partial charge in [-0.25, -0.2) is 4.68 Å². The van der Waals surface area contributed by atoms with Crippen LogP contribution in [0.4, 0.5) is 0 Å². The fraction of sp³-hybridized carbons (Fsp3) is 0.0667. The number of phenolic OH excluding ortho intramolecular Hbond substituents is 1. The first-order chi connectivity index (χ1) is 10.2. The van der Waals surface area contributed by atoms with E-state index in [1.807, 2.05) is 24.3 Å². The molecule has 0 unspecified atom stereocenters. The Morgan fingerprint density at radius 2 is 1.90 bits per heavy atom. The number of rotatable bonds is 3. The Hall–Kier alpha value is -2.37. The molecule has 2 aromatic carbocycles. The summed E-state index contributed by atoms with van der Waals surface area (Å²) in [7, 11) is 0. The van der Waals surface area contributed by atoms with Crippen molar-refractivity contribution in [3.8, 4) is 22.7 Å². The lowest BCUT2D eigenvalue weighted by atomic mass is 10.1. The topological polar surface area (TPSA) is 77.0 Å². The standard InChI is InChI=1S/C15H13ClN4O/c16-11-3-1-2-10(8-11)15-14(9-17)18-19-20(15)12-4-6-13(21)7-5-12/h1-8,21H,9,17H2. The number of hydrogen-bond donors (Lipinski definition) is 2. The van der Waals surface area contributed by atoms with E-state index in [1.54, 1.807) is 28.9 Å². The largest absolute Gasteiger partial charge is 0.508 e. The van der Waals surface area contributed by atoms with Gasteiger partial charge in [-0.1, -0.05) is 28.9 Å². The van der Waals surface area contributed by atoms with E-state index in [2.05, 4.69) is 10.3 Å². The number of aromatic hydroxyl groups is 1. The Balaban J connectivity index is 2.19. The average molecular weight is 301 g/mol. The molecule has 0 aliphatic carbocycles. The van der Waals surface area contributed by atoms with Crippen molar-refractivity contribution in [2.24, 2.45) is 5.73 Å². The van der Waals surface area contributed by atoms with Crippen LogP contribution in [0.2, 0.25) is 5.02 Å². The SMILES string of the molecule is NCc1nnn(-c2ccc(O)cc2)c1-c1cccc(Cl)c1. The molecule has 0 aliphatic heterocycles. The number of hydrogen-bond acceptors (Lipinski definition) is 4. The molecule has 3 aromatic rings. The van der Waals surface area contributed by atoms with Gasteiger partial charge < -0.3 is 10.8 Å². The fourth-order valence-electron chi connectivity index (χ4n) is 2.15. The van der Waals surface area contributed by atoms with Crippen molar-refractivity contribution >= 4 is 11.6 Å². The van der Waals surface area contributed by atoms with Crippen molar-refractivity contribution in [3.63, 3.8) is 0 Å². The maximum absolute atomic E-state index is 9.39.